The lowest BCUT2D eigenvalue weighted by atomic mass is 9.98. The van der Waals surface area contributed by atoms with Gasteiger partial charge in [-0.2, -0.15) is 0 Å². The first kappa shape index (κ1) is 15.6. The highest BCUT2D eigenvalue weighted by molar-refractivity contribution is 7.91. The lowest BCUT2D eigenvalue weighted by molar-refractivity contribution is -0.147. The van der Waals surface area contributed by atoms with Crippen molar-refractivity contribution in [2.24, 2.45) is 0 Å². The van der Waals surface area contributed by atoms with Gasteiger partial charge in [-0.25, -0.2) is 13.2 Å². The van der Waals surface area contributed by atoms with Gasteiger partial charge in [-0.1, -0.05) is 12.1 Å². The fourth-order valence-electron chi connectivity index (χ4n) is 2.44. The van der Waals surface area contributed by atoms with Crippen LogP contribution in [0.5, 0.6) is 5.75 Å². The van der Waals surface area contributed by atoms with Crippen LogP contribution in [0.4, 0.5) is 5.69 Å². The van der Waals surface area contributed by atoms with Crippen LogP contribution in [-0.4, -0.2) is 45.1 Å². The first-order valence-corrected chi connectivity index (χ1v) is 8.53. The van der Waals surface area contributed by atoms with Gasteiger partial charge in [0.25, 0.3) is 0 Å². The molecule has 1 aliphatic heterocycles. The molecule has 1 aromatic rings. The number of sulfone groups is 1. The van der Waals surface area contributed by atoms with E-state index in [9.17, 15) is 13.2 Å². The minimum absolute atomic E-state index is 0.0338. The third kappa shape index (κ3) is 3.29. The van der Waals surface area contributed by atoms with Crippen molar-refractivity contribution in [1.29, 1.82) is 0 Å². The topological polar surface area (TPSA) is 81.7 Å². The molecule has 7 heteroatoms. The number of hydrogen-bond donors (Lipinski definition) is 1. The molecule has 21 heavy (non-hydrogen) atoms. The largest absolute Gasteiger partial charge is 0.495 e. The second-order valence-electron chi connectivity index (χ2n) is 4.97. The standard InChI is InChI=1S/C14H19NO5S/c1-3-20-13(16)14(8-9-21(17,18)10-14)15-11-6-4-5-7-12(11)19-2/h4-7,15H,3,8-10H2,1-2H3. The maximum atomic E-state index is 12.3. The number of carbonyl (C=O) groups excluding carboxylic acids is 1. The van der Waals surface area contributed by atoms with Gasteiger partial charge in [0.15, 0.2) is 15.4 Å². The molecular formula is C14H19NO5S. The lowest BCUT2D eigenvalue weighted by Crippen LogP contribution is -2.48. The van der Waals surface area contributed by atoms with Crippen molar-refractivity contribution < 1.29 is 22.7 Å². The Morgan fingerprint density at radius 1 is 1.38 bits per heavy atom. The Kier molecular flexibility index (Phi) is 4.41. The van der Waals surface area contributed by atoms with Crippen molar-refractivity contribution in [3.63, 3.8) is 0 Å². The maximum Gasteiger partial charge on any atom is 0.332 e. The summed E-state index contributed by atoms with van der Waals surface area (Å²) in [5.74, 6) is -0.298. The van der Waals surface area contributed by atoms with Crippen LogP contribution in [0.15, 0.2) is 24.3 Å². The summed E-state index contributed by atoms with van der Waals surface area (Å²) >= 11 is 0. The van der Waals surface area contributed by atoms with Crippen LogP contribution in [0.1, 0.15) is 13.3 Å². The number of nitrogens with one attached hydrogen (secondary N) is 1. The summed E-state index contributed by atoms with van der Waals surface area (Å²) in [6.45, 7) is 1.90. The van der Waals surface area contributed by atoms with Crippen LogP contribution in [0.3, 0.4) is 0 Å². The minimum atomic E-state index is -3.26. The number of rotatable bonds is 5. The number of esters is 1. The Morgan fingerprint density at radius 2 is 2.10 bits per heavy atom. The summed E-state index contributed by atoms with van der Waals surface area (Å²) in [5.41, 5.74) is -0.672. The van der Waals surface area contributed by atoms with E-state index >= 15 is 0 Å². The molecule has 6 nitrogen and oxygen atoms in total. The summed E-state index contributed by atoms with van der Waals surface area (Å²) in [5, 5.41) is 3.04. The van der Waals surface area contributed by atoms with Gasteiger partial charge >= 0.3 is 5.97 Å². The van der Waals surface area contributed by atoms with E-state index in [4.69, 9.17) is 9.47 Å². The molecule has 2 rings (SSSR count). The smallest absolute Gasteiger partial charge is 0.332 e. The van der Waals surface area contributed by atoms with Crippen LogP contribution in [0.2, 0.25) is 0 Å². The average Bonchev–Trinajstić information content (AvgIpc) is 2.76. The highest BCUT2D eigenvalue weighted by Gasteiger charge is 2.49. The molecule has 1 aliphatic rings. The van der Waals surface area contributed by atoms with Crippen LogP contribution in [-0.2, 0) is 19.4 Å². The Hall–Kier alpha value is -1.76. The van der Waals surface area contributed by atoms with Gasteiger partial charge < -0.3 is 14.8 Å². The second kappa shape index (κ2) is 5.93. The van der Waals surface area contributed by atoms with Gasteiger partial charge in [-0.3, -0.25) is 0 Å². The Balaban J connectivity index is 2.35. The third-order valence-corrected chi connectivity index (χ3v) is 5.21. The van der Waals surface area contributed by atoms with E-state index in [1.807, 2.05) is 0 Å². The number of anilines is 1. The van der Waals surface area contributed by atoms with E-state index in [0.717, 1.165) is 0 Å². The fraction of sp³-hybridized carbons (Fsp3) is 0.500. The SMILES string of the molecule is CCOC(=O)C1(Nc2ccccc2OC)CCS(=O)(=O)C1. The first-order valence-electron chi connectivity index (χ1n) is 6.71. The number of carbonyl (C=O) groups is 1. The summed E-state index contributed by atoms with van der Waals surface area (Å²) < 4.78 is 33.9. The van der Waals surface area contributed by atoms with Gasteiger partial charge in [-0.05, 0) is 25.5 Å². The number of methoxy groups -OCH3 is 1. The van der Waals surface area contributed by atoms with E-state index in [-0.39, 0.29) is 24.5 Å². The maximum absolute atomic E-state index is 12.3. The molecule has 1 atom stereocenters. The summed E-state index contributed by atoms with van der Waals surface area (Å²) in [6.07, 6.45) is 0.187. The van der Waals surface area contributed by atoms with Gasteiger partial charge in [-0.15, -0.1) is 0 Å². The third-order valence-electron chi connectivity index (χ3n) is 3.45. The Morgan fingerprint density at radius 3 is 2.67 bits per heavy atom. The monoisotopic (exact) mass is 313 g/mol. The fourth-order valence-corrected chi connectivity index (χ4v) is 4.32. The Bertz CT molecular complexity index is 628. The van der Waals surface area contributed by atoms with E-state index in [2.05, 4.69) is 5.32 Å². The molecule has 1 N–H and O–H groups in total. The number of ether oxygens (including phenoxy) is 2. The molecule has 0 radical (unpaired) electrons. The molecule has 1 unspecified atom stereocenters. The average molecular weight is 313 g/mol. The molecule has 116 valence electrons. The van der Waals surface area contributed by atoms with Crippen LogP contribution < -0.4 is 10.1 Å². The second-order valence-corrected chi connectivity index (χ2v) is 7.15. The van der Waals surface area contributed by atoms with Crippen LogP contribution in [0.25, 0.3) is 0 Å². The minimum Gasteiger partial charge on any atom is -0.495 e. The highest BCUT2D eigenvalue weighted by Crippen LogP contribution is 2.33. The quantitative estimate of drug-likeness (QED) is 0.823. The number of para-hydroxylation sites is 2. The van der Waals surface area contributed by atoms with E-state index in [1.54, 1.807) is 31.2 Å². The van der Waals surface area contributed by atoms with Crippen molar-refractivity contribution in [2.45, 2.75) is 18.9 Å². The predicted octanol–water partition coefficient (Wildman–Crippen LogP) is 1.23. The van der Waals surface area contributed by atoms with E-state index < -0.39 is 21.3 Å². The van der Waals surface area contributed by atoms with Crippen LogP contribution in [0, 0.1) is 0 Å². The molecule has 0 aromatic heterocycles. The molecule has 1 fully saturated rings. The normalized spacial score (nSPS) is 23.5. The highest BCUT2D eigenvalue weighted by atomic mass is 32.2. The van der Waals surface area contributed by atoms with Crippen molar-refractivity contribution in [3.05, 3.63) is 24.3 Å². The summed E-state index contributed by atoms with van der Waals surface area (Å²) in [7, 11) is -1.74. The van der Waals surface area contributed by atoms with E-state index in [1.165, 1.54) is 7.11 Å². The molecular weight excluding hydrogens is 294 g/mol. The summed E-state index contributed by atoms with van der Waals surface area (Å²) in [4.78, 5) is 12.3. The van der Waals surface area contributed by atoms with Crippen molar-refractivity contribution in [3.8, 4) is 5.75 Å². The van der Waals surface area contributed by atoms with Gasteiger partial charge in [0.1, 0.15) is 5.75 Å². The first-order chi connectivity index (χ1) is 9.92. The molecule has 0 amide bonds. The summed E-state index contributed by atoms with van der Waals surface area (Å²) in [6, 6.07) is 7.06. The zero-order valence-corrected chi connectivity index (χ0v) is 12.9. The zero-order valence-electron chi connectivity index (χ0n) is 12.1. The molecule has 0 saturated carbocycles. The zero-order chi connectivity index (χ0) is 15.5. The number of benzene rings is 1. The van der Waals surface area contributed by atoms with Crippen molar-refractivity contribution in [1.82, 2.24) is 0 Å². The lowest BCUT2D eigenvalue weighted by Gasteiger charge is -2.28. The van der Waals surface area contributed by atoms with E-state index in [0.29, 0.717) is 11.4 Å². The van der Waals surface area contributed by atoms with Gasteiger partial charge in [0.05, 0.1) is 30.9 Å². The molecule has 0 spiro atoms. The molecule has 1 saturated heterocycles. The predicted molar refractivity (Wildman–Crippen MR) is 79.3 cm³/mol. The Labute approximate surface area is 124 Å². The molecule has 1 heterocycles. The van der Waals surface area contributed by atoms with Crippen molar-refractivity contribution in [2.75, 3.05) is 30.5 Å². The van der Waals surface area contributed by atoms with Gasteiger partial charge in [0.2, 0.25) is 0 Å². The van der Waals surface area contributed by atoms with Crippen molar-refractivity contribution >= 4 is 21.5 Å². The van der Waals surface area contributed by atoms with Crippen LogP contribution >= 0.6 is 0 Å². The molecule has 0 aliphatic carbocycles. The molecule has 0 bridgehead atoms. The number of hydrogen-bond acceptors (Lipinski definition) is 6. The molecule has 1 aromatic carbocycles. The van der Waals surface area contributed by atoms with Gasteiger partial charge in [0, 0.05) is 0 Å².